The average molecular weight is 342 g/mol. The van der Waals surface area contributed by atoms with Gasteiger partial charge in [-0.25, -0.2) is 4.98 Å². The molecule has 1 N–H and O–H groups in total. The van der Waals surface area contributed by atoms with Crippen molar-refractivity contribution in [2.75, 3.05) is 0 Å². The number of pyridine rings is 1. The van der Waals surface area contributed by atoms with Crippen LogP contribution in [0.15, 0.2) is 22.8 Å². The average Bonchev–Trinajstić information content (AvgIpc) is 2.81. The molecule has 100 valence electrons. The largest absolute Gasteiger partial charge is 0.466 e. The molecule has 0 aliphatic heterocycles. The molecule has 0 radical (unpaired) electrons. The molecule has 2 heterocycles. The molecular formula is C12H12BrN3O2S. The van der Waals surface area contributed by atoms with Crippen LogP contribution < -0.4 is 4.74 Å². The number of aromatic nitrogens is 3. The minimum absolute atomic E-state index is 0.266. The van der Waals surface area contributed by atoms with Crippen LogP contribution in [0.25, 0.3) is 0 Å². The topological polar surface area (TPSA) is 68.1 Å². The van der Waals surface area contributed by atoms with Crippen LogP contribution in [0.4, 0.5) is 0 Å². The van der Waals surface area contributed by atoms with Crippen LogP contribution in [0.2, 0.25) is 0 Å². The second-order valence-electron chi connectivity index (χ2n) is 4.36. The van der Waals surface area contributed by atoms with Gasteiger partial charge in [0.15, 0.2) is 5.01 Å². The summed E-state index contributed by atoms with van der Waals surface area (Å²) < 4.78 is 6.32. The molecule has 1 aliphatic rings. The van der Waals surface area contributed by atoms with E-state index in [1.54, 1.807) is 12.1 Å². The first-order valence-corrected chi connectivity index (χ1v) is 7.64. The van der Waals surface area contributed by atoms with E-state index in [9.17, 15) is 5.11 Å². The van der Waals surface area contributed by atoms with Gasteiger partial charge in [0, 0.05) is 0 Å². The van der Waals surface area contributed by atoms with Crippen LogP contribution >= 0.6 is 27.3 Å². The van der Waals surface area contributed by atoms with Crippen LogP contribution in [0.5, 0.6) is 5.19 Å². The number of aliphatic hydroxyl groups excluding tert-OH is 1. The quantitative estimate of drug-likeness (QED) is 0.866. The lowest BCUT2D eigenvalue weighted by Crippen LogP contribution is -2.24. The van der Waals surface area contributed by atoms with E-state index in [0.29, 0.717) is 20.5 Å². The molecule has 1 fully saturated rings. The molecule has 2 aromatic heterocycles. The Bertz CT molecular complexity index is 574. The monoisotopic (exact) mass is 341 g/mol. The van der Waals surface area contributed by atoms with E-state index in [1.165, 1.54) is 17.8 Å². The number of ether oxygens (including phenoxy) is 1. The van der Waals surface area contributed by atoms with Gasteiger partial charge in [0.05, 0.1) is 5.69 Å². The summed E-state index contributed by atoms with van der Waals surface area (Å²) in [6, 6.07) is 5.38. The second-order valence-corrected chi connectivity index (χ2v) is 6.15. The number of nitrogens with zero attached hydrogens (tertiary/aromatic N) is 3. The standard InChI is InChI=1S/C12H12BrN3O2S/c13-9-6-2-5-8(14-9)10(17)11-15-16-12(19-11)18-7-3-1-4-7/h2,5-7,10,17H,1,3-4H2. The molecule has 5 nitrogen and oxygen atoms in total. The summed E-state index contributed by atoms with van der Waals surface area (Å²) in [4.78, 5) is 4.21. The van der Waals surface area contributed by atoms with Gasteiger partial charge in [-0.3, -0.25) is 0 Å². The zero-order valence-corrected chi connectivity index (χ0v) is 12.4. The maximum Gasteiger partial charge on any atom is 0.294 e. The highest BCUT2D eigenvalue weighted by Gasteiger charge is 2.23. The molecule has 19 heavy (non-hydrogen) atoms. The van der Waals surface area contributed by atoms with Gasteiger partial charge >= 0.3 is 0 Å². The molecule has 7 heteroatoms. The van der Waals surface area contributed by atoms with Crippen molar-refractivity contribution < 1.29 is 9.84 Å². The Morgan fingerprint density at radius 2 is 2.21 bits per heavy atom. The smallest absolute Gasteiger partial charge is 0.294 e. The van der Waals surface area contributed by atoms with Crippen molar-refractivity contribution in [2.24, 2.45) is 0 Å². The minimum Gasteiger partial charge on any atom is -0.466 e. The number of aliphatic hydroxyl groups is 1. The molecule has 0 bridgehead atoms. The summed E-state index contributed by atoms with van der Waals surface area (Å²) in [5.74, 6) is 0. The molecule has 3 rings (SSSR count). The van der Waals surface area contributed by atoms with Crippen molar-refractivity contribution in [1.82, 2.24) is 15.2 Å². The molecule has 2 aromatic rings. The first-order valence-electron chi connectivity index (χ1n) is 6.03. The first kappa shape index (κ1) is 13.0. The van der Waals surface area contributed by atoms with Gasteiger partial charge in [0.1, 0.15) is 16.8 Å². The number of hydrogen-bond acceptors (Lipinski definition) is 6. The Kier molecular flexibility index (Phi) is 3.76. The highest BCUT2D eigenvalue weighted by molar-refractivity contribution is 9.10. The van der Waals surface area contributed by atoms with Crippen molar-refractivity contribution in [3.8, 4) is 5.19 Å². The van der Waals surface area contributed by atoms with Crippen molar-refractivity contribution >= 4 is 27.3 Å². The molecule has 0 saturated heterocycles. The lowest BCUT2D eigenvalue weighted by Gasteiger charge is -2.24. The number of hydrogen-bond donors (Lipinski definition) is 1. The zero-order chi connectivity index (χ0) is 13.2. The third kappa shape index (κ3) is 2.93. The minimum atomic E-state index is -0.867. The third-order valence-electron chi connectivity index (χ3n) is 2.99. The van der Waals surface area contributed by atoms with Crippen LogP contribution in [0, 0.1) is 0 Å². The molecule has 1 aliphatic carbocycles. The fourth-order valence-electron chi connectivity index (χ4n) is 1.71. The summed E-state index contributed by atoms with van der Waals surface area (Å²) in [7, 11) is 0. The Morgan fingerprint density at radius 1 is 1.37 bits per heavy atom. The van der Waals surface area contributed by atoms with Gasteiger partial charge in [-0.15, -0.1) is 5.10 Å². The Labute approximate surface area is 122 Å². The normalized spacial score (nSPS) is 16.9. The number of rotatable bonds is 4. The molecule has 0 spiro atoms. The van der Waals surface area contributed by atoms with E-state index in [4.69, 9.17) is 4.74 Å². The maximum absolute atomic E-state index is 10.2. The van der Waals surface area contributed by atoms with Gasteiger partial charge < -0.3 is 9.84 Å². The summed E-state index contributed by atoms with van der Waals surface area (Å²) in [5, 5.41) is 19.2. The SMILES string of the molecule is OC(c1cccc(Br)n1)c1nnc(OC2CCC2)s1. The summed E-state index contributed by atoms with van der Waals surface area (Å²) in [6.07, 6.45) is 2.76. The van der Waals surface area contributed by atoms with Crippen molar-refractivity contribution in [3.05, 3.63) is 33.5 Å². The van der Waals surface area contributed by atoms with E-state index < -0.39 is 6.10 Å². The van der Waals surface area contributed by atoms with Gasteiger partial charge in [0.2, 0.25) is 0 Å². The van der Waals surface area contributed by atoms with Crippen molar-refractivity contribution in [2.45, 2.75) is 31.5 Å². The lowest BCUT2D eigenvalue weighted by molar-refractivity contribution is 0.119. The van der Waals surface area contributed by atoms with Gasteiger partial charge in [-0.1, -0.05) is 22.5 Å². The Balaban J connectivity index is 1.74. The summed E-state index contributed by atoms with van der Waals surface area (Å²) in [6.45, 7) is 0. The maximum atomic E-state index is 10.2. The van der Waals surface area contributed by atoms with E-state index in [0.717, 1.165) is 12.8 Å². The molecule has 0 aromatic carbocycles. The van der Waals surface area contributed by atoms with Crippen LogP contribution in [-0.4, -0.2) is 26.4 Å². The lowest BCUT2D eigenvalue weighted by atomic mass is 9.96. The van der Waals surface area contributed by atoms with Crippen molar-refractivity contribution in [1.29, 1.82) is 0 Å². The molecule has 0 amide bonds. The summed E-state index contributed by atoms with van der Waals surface area (Å²) >= 11 is 4.55. The van der Waals surface area contributed by atoms with Crippen molar-refractivity contribution in [3.63, 3.8) is 0 Å². The highest BCUT2D eigenvalue weighted by Crippen LogP contribution is 2.31. The predicted molar refractivity (Wildman–Crippen MR) is 74.2 cm³/mol. The van der Waals surface area contributed by atoms with Gasteiger partial charge in [-0.2, -0.15) is 0 Å². The van der Waals surface area contributed by atoms with Crippen LogP contribution in [0.3, 0.4) is 0 Å². The molecular weight excluding hydrogens is 330 g/mol. The fraction of sp³-hybridized carbons (Fsp3) is 0.417. The van der Waals surface area contributed by atoms with Crippen LogP contribution in [-0.2, 0) is 0 Å². The molecule has 1 atom stereocenters. The molecule has 1 unspecified atom stereocenters. The second kappa shape index (κ2) is 5.52. The fourth-order valence-corrected chi connectivity index (χ4v) is 2.83. The van der Waals surface area contributed by atoms with E-state index in [2.05, 4.69) is 31.1 Å². The predicted octanol–water partition coefficient (Wildman–Crippen LogP) is 2.71. The number of halogens is 1. The Morgan fingerprint density at radius 3 is 2.89 bits per heavy atom. The summed E-state index contributed by atoms with van der Waals surface area (Å²) in [5.41, 5.74) is 0.542. The highest BCUT2D eigenvalue weighted by atomic mass is 79.9. The van der Waals surface area contributed by atoms with E-state index in [1.807, 2.05) is 6.07 Å². The van der Waals surface area contributed by atoms with Gasteiger partial charge in [0.25, 0.3) is 5.19 Å². The Hall–Kier alpha value is -1.05. The van der Waals surface area contributed by atoms with E-state index >= 15 is 0 Å². The molecule has 1 saturated carbocycles. The third-order valence-corrected chi connectivity index (χ3v) is 4.30. The van der Waals surface area contributed by atoms with E-state index in [-0.39, 0.29) is 6.10 Å². The zero-order valence-electron chi connectivity index (χ0n) is 9.99. The van der Waals surface area contributed by atoms with Crippen LogP contribution in [0.1, 0.15) is 36.1 Å². The van der Waals surface area contributed by atoms with Gasteiger partial charge in [-0.05, 0) is 47.3 Å². The first-order chi connectivity index (χ1) is 9.22.